The third-order valence-corrected chi connectivity index (χ3v) is 5.94. The van der Waals surface area contributed by atoms with Crippen LogP contribution in [-0.4, -0.2) is 47.2 Å². The maximum Gasteiger partial charge on any atom is 0.254 e. The van der Waals surface area contributed by atoms with Crippen LogP contribution in [0.2, 0.25) is 0 Å². The number of hydrogen-bond acceptors (Lipinski definition) is 4. The lowest BCUT2D eigenvalue weighted by molar-refractivity contribution is 0.0717. The molecule has 0 saturated carbocycles. The van der Waals surface area contributed by atoms with E-state index in [0.717, 1.165) is 23.1 Å². The summed E-state index contributed by atoms with van der Waals surface area (Å²) in [5.74, 6) is -0.200. The van der Waals surface area contributed by atoms with Crippen LogP contribution in [0.1, 0.15) is 68.0 Å². The Hall–Kier alpha value is -2.99. The molecule has 2 aliphatic heterocycles. The molecule has 6 heteroatoms. The SMILES string of the molecule is CC(C)(O)c1ccc2c(c1)CCN(CCC(=O)c1ccc3c(c1)CCNC3=O)C2=O. The Morgan fingerprint density at radius 1 is 1.07 bits per heavy atom. The summed E-state index contributed by atoms with van der Waals surface area (Å²) in [6.45, 7) is 4.95. The van der Waals surface area contributed by atoms with Crippen molar-refractivity contribution in [2.75, 3.05) is 19.6 Å². The molecule has 0 fully saturated rings. The van der Waals surface area contributed by atoms with E-state index < -0.39 is 5.60 Å². The predicted molar refractivity (Wildman–Crippen MR) is 113 cm³/mol. The quantitative estimate of drug-likeness (QED) is 0.747. The van der Waals surface area contributed by atoms with Crippen molar-refractivity contribution in [2.24, 2.45) is 0 Å². The normalized spacial score (nSPS) is 16.0. The van der Waals surface area contributed by atoms with Gasteiger partial charge >= 0.3 is 0 Å². The predicted octanol–water partition coefficient (Wildman–Crippen LogP) is 2.47. The van der Waals surface area contributed by atoms with Crippen LogP contribution >= 0.6 is 0 Å². The number of carbonyl (C=O) groups excluding carboxylic acids is 3. The van der Waals surface area contributed by atoms with Crippen LogP contribution in [-0.2, 0) is 18.4 Å². The topological polar surface area (TPSA) is 86.7 Å². The van der Waals surface area contributed by atoms with E-state index in [-0.39, 0.29) is 24.0 Å². The summed E-state index contributed by atoms with van der Waals surface area (Å²) in [5.41, 5.74) is 3.54. The Kier molecular flexibility index (Phi) is 5.20. The minimum atomic E-state index is -0.947. The van der Waals surface area contributed by atoms with Gasteiger partial charge in [-0.25, -0.2) is 0 Å². The van der Waals surface area contributed by atoms with Crippen molar-refractivity contribution in [3.05, 3.63) is 69.8 Å². The fourth-order valence-corrected chi connectivity index (χ4v) is 4.11. The maximum atomic E-state index is 12.9. The van der Waals surface area contributed by atoms with Crippen LogP contribution in [0.3, 0.4) is 0 Å². The van der Waals surface area contributed by atoms with E-state index in [1.165, 1.54) is 0 Å². The van der Waals surface area contributed by atoms with Gasteiger partial charge in [-0.2, -0.15) is 0 Å². The molecule has 2 heterocycles. The molecule has 6 nitrogen and oxygen atoms in total. The van der Waals surface area contributed by atoms with E-state index in [1.807, 2.05) is 12.1 Å². The smallest absolute Gasteiger partial charge is 0.254 e. The lowest BCUT2D eigenvalue weighted by atomic mass is 9.90. The fraction of sp³-hybridized carbons (Fsp3) is 0.375. The number of rotatable bonds is 5. The molecule has 2 amide bonds. The van der Waals surface area contributed by atoms with E-state index in [4.69, 9.17) is 0 Å². The van der Waals surface area contributed by atoms with Gasteiger partial charge < -0.3 is 15.3 Å². The van der Waals surface area contributed by atoms with Gasteiger partial charge in [0.15, 0.2) is 5.78 Å². The molecule has 0 unspecified atom stereocenters. The van der Waals surface area contributed by atoms with E-state index in [1.54, 1.807) is 43.0 Å². The van der Waals surface area contributed by atoms with Gasteiger partial charge in [-0.1, -0.05) is 18.2 Å². The van der Waals surface area contributed by atoms with Crippen LogP contribution in [0.25, 0.3) is 0 Å². The van der Waals surface area contributed by atoms with Crippen LogP contribution in [0.4, 0.5) is 0 Å². The lowest BCUT2D eigenvalue weighted by Gasteiger charge is -2.30. The van der Waals surface area contributed by atoms with Crippen molar-refractivity contribution in [3.8, 4) is 0 Å². The molecule has 0 atom stereocenters. The van der Waals surface area contributed by atoms with E-state index in [2.05, 4.69) is 5.32 Å². The highest BCUT2D eigenvalue weighted by atomic mass is 16.3. The van der Waals surface area contributed by atoms with Crippen molar-refractivity contribution < 1.29 is 19.5 Å². The number of nitrogens with one attached hydrogen (secondary N) is 1. The average Bonchev–Trinajstić information content (AvgIpc) is 2.72. The molecule has 2 aromatic rings. The standard InChI is InChI=1S/C24H26N2O4/c1-24(2,30)18-4-6-20-16(14-18)8-11-26(23(20)29)12-9-21(27)17-3-5-19-15(13-17)7-10-25-22(19)28/h3-6,13-14,30H,7-12H2,1-2H3,(H,25,28). The first-order valence-electron chi connectivity index (χ1n) is 10.3. The lowest BCUT2D eigenvalue weighted by Crippen LogP contribution is -2.39. The monoisotopic (exact) mass is 406 g/mol. The Morgan fingerprint density at radius 2 is 1.80 bits per heavy atom. The molecule has 2 aliphatic rings. The van der Waals surface area contributed by atoms with Gasteiger partial charge in [0.05, 0.1) is 5.60 Å². The van der Waals surface area contributed by atoms with E-state index in [0.29, 0.717) is 42.7 Å². The third-order valence-electron chi connectivity index (χ3n) is 5.94. The molecular weight excluding hydrogens is 380 g/mol. The molecule has 0 aromatic heterocycles. The Balaban J connectivity index is 1.43. The number of carbonyl (C=O) groups is 3. The van der Waals surface area contributed by atoms with Crippen molar-refractivity contribution in [2.45, 2.75) is 38.7 Å². The van der Waals surface area contributed by atoms with Crippen LogP contribution in [0.5, 0.6) is 0 Å². The molecule has 2 aromatic carbocycles. The van der Waals surface area contributed by atoms with Gasteiger partial charge in [-0.15, -0.1) is 0 Å². The number of hydrogen-bond donors (Lipinski definition) is 2. The second-order valence-electron chi connectivity index (χ2n) is 8.52. The first-order valence-corrected chi connectivity index (χ1v) is 10.3. The third kappa shape index (κ3) is 3.87. The molecule has 2 N–H and O–H groups in total. The second-order valence-corrected chi connectivity index (χ2v) is 8.52. The van der Waals surface area contributed by atoms with Gasteiger partial charge in [0, 0.05) is 42.7 Å². The summed E-state index contributed by atoms with van der Waals surface area (Å²) in [6, 6.07) is 10.7. The molecule has 0 spiro atoms. The highest BCUT2D eigenvalue weighted by molar-refractivity contribution is 6.01. The number of ketones is 1. The zero-order valence-electron chi connectivity index (χ0n) is 17.3. The fourth-order valence-electron chi connectivity index (χ4n) is 4.11. The van der Waals surface area contributed by atoms with Crippen molar-refractivity contribution in [1.29, 1.82) is 0 Å². The summed E-state index contributed by atoms with van der Waals surface area (Å²) >= 11 is 0. The number of aliphatic hydroxyl groups is 1. The zero-order chi connectivity index (χ0) is 21.5. The number of nitrogens with zero attached hydrogens (tertiary/aromatic N) is 1. The second kappa shape index (κ2) is 7.69. The largest absolute Gasteiger partial charge is 0.386 e. The van der Waals surface area contributed by atoms with Gasteiger partial charge in [0.2, 0.25) is 0 Å². The van der Waals surface area contributed by atoms with Crippen LogP contribution < -0.4 is 5.32 Å². The minimum absolute atomic E-state index is 0.0280. The van der Waals surface area contributed by atoms with Gasteiger partial charge in [-0.05, 0) is 61.6 Å². The number of benzene rings is 2. The number of amides is 2. The summed E-state index contributed by atoms with van der Waals surface area (Å²) in [7, 11) is 0. The molecule has 0 radical (unpaired) electrons. The zero-order valence-corrected chi connectivity index (χ0v) is 17.3. The molecule has 156 valence electrons. The van der Waals surface area contributed by atoms with Gasteiger partial charge in [0.1, 0.15) is 0 Å². The van der Waals surface area contributed by atoms with E-state index >= 15 is 0 Å². The Labute approximate surface area is 175 Å². The molecule has 30 heavy (non-hydrogen) atoms. The highest BCUT2D eigenvalue weighted by Gasteiger charge is 2.27. The molecule has 0 bridgehead atoms. The number of Topliss-reactive ketones (excluding diaryl/α,β-unsaturated/α-hetero) is 1. The van der Waals surface area contributed by atoms with Gasteiger partial charge in [-0.3, -0.25) is 14.4 Å². The highest BCUT2D eigenvalue weighted by Crippen LogP contribution is 2.26. The maximum absolute atomic E-state index is 12.9. The Bertz CT molecular complexity index is 1040. The number of fused-ring (bicyclic) bond motifs is 2. The molecular formula is C24H26N2O4. The molecule has 4 rings (SSSR count). The summed E-state index contributed by atoms with van der Waals surface area (Å²) < 4.78 is 0. The first-order chi connectivity index (χ1) is 14.2. The van der Waals surface area contributed by atoms with Crippen molar-refractivity contribution in [3.63, 3.8) is 0 Å². The summed E-state index contributed by atoms with van der Waals surface area (Å²) in [4.78, 5) is 39.1. The molecule has 0 saturated heterocycles. The summed E-state index contributed by atoms with van der Waals surface area (Å²) in [5, 5.41) is 13.0. The first kappa shape index (κ1) is 20.3. The minimum Gasteiger partial charge on any atom is -0.386 e. The molecule has 0 aliphatic carbocycles. The average molecular weight is 406 g/mol. The van der Waals surface area contributed by atoms with Crippen molar-refractivity contribution >= 4 is 17.6 Å². The van der Waals surface area contributed by atoms with Crippen molar-refractivity contribution in [1.82, 2.24) is 10.2 Å². The Morgan fingerprint density at radius 3 is 2.57 bits per heavy atom. The van der Waals surface area contributed by atoms with Crippen LogP contribution in [0, 0.1) is 0 Å². The van der Waals surface area contributed by atoms with Gasteiger partial charge in [0.25, 0.3) is 11.8 Å². The van der Waals surface area contributed by atoms with E-state index in [9.17, 15) is 19.5 Å². The summed E-state index contributed by atoms with van der Waals surface area (Å²) in [6.07, 6.45) is 1.66. The van der Waals surface area contributed by atoms with Crippen LogP contribution in [0.15, 0.2) is 36.4 Å².